The van der Waals surface area contributed by atoms with Crippen LogP contribution in [0.4, 0.5) is 0 Å². The molecule has 1 aliphatic heterocycles. The third-order valence-electron chi connectivity index (χ3n) is 2.84. The average molecular weight is 269 g/mol. The molecule has 1 aromatic rings. The van der Waals surface area contributed by atoms with Crippen LogP contribution in [-0.4, -0.2) is 24.1 Å². The Balaban J connectivity index is 2.04. The Morgan fingerprint density at radius 3 is 2.83 bits per heavy atom. The van der Waals surface area contributed by atoms with Gasteiger partial charge < -0.3 is 14.6 Å². The molecule has 0 aliphatic carbocycles. The molecule has 0 saturated carbocycles. The first-order chi connectivity index (χ1) is 8.70. The van der Waals surface area contributed by atoms with E-state index in [-0.39, 0.29) is 12.4 Å². The molecule has 4 heteroatoms. The van der Waals surface area contributed by atoms with E-state index in [1.807, 2.05) is 19.1 Å². The maximum atomic E-state index is 10.2. The second-order valence-electron chi connectivity index (χ2n) is 4.15. The molecule has 0 bridgehead atoms. The minimum absolute atomic E-state index is 0.271. The van der Waals surface area contributed by atoms with E-state index < -0.39 is 6.10 Å². The molecule has 0 amide bonds. The topological polar surface area (TPSA) is 38.7 Å². The monoisotopic (exact) mass is 268 g/mol. The second-order valence-corrected chi connectivity index (χ2v) is 4.58. The van der Waals surface area contributed by atoms with Gasteiger partial charge in [-0.15, -0.1) is 0 Å². The molecule has 2 rings (SSSR count). The summed E-state index contributed by atoms with van der Waals surface area (Å²) in [4.78, 5) is 0. The molecule has 1 aromatic carbocycles. The first-order valence-electron chi connectivity index (χ1n) is 6.08. The van der Waals surface area contributed by atoms with E-state index in [0.717, 1.165) is 12.0 Å². The average Bonchev–Trinajstić information content (AvgIpc) is 2.39. The van der Waals surface area contributed by atoms with Crippen LogP contribution in [-0.2, 0) is 9.47 Å². The van der Waals surface area contributed by atoms with E-state index in [2.05, 4.69) is 0 Å². The summed E-state index contributed by atoms with van der Waals surface area (Å²) in [5.41, 5.74) is 0.784. The van der Waals surface area contributed by atoms with Gasteiger partial charge in [0, 0.05) is 18.1 Å². The fraction of sp³-hybridized carbons (Fsp3) is 0.429. The Hall–Kier alpha value is -0.870. The molecule has 3 nitrogen and oxygen atoms in total. The largest absolute Gasteiger partial charge is 0.385 e. The quantitative estimate of drug-likeness (QED) is 0.853. The summed E-state index contributed by atoms with van der Waals surface area (Å²) in [5.74, 6) is 0. The number of rotatable bonds is 4. The second kappa shape index (κ2) is 6.34. The van der Waals surface area contributed by atoms with Crippen molar-refractivity contribution in [3.63, 3.8) is 0 Å². The van der Waals surface area contributed by atoms with Gasteiger partial charge in [-0.05, 0) is 24.6 Å². The van der Waals surface area contributed by atoms with Crippen molar-refractivity contribution >= 4 is 11.6 Å². The van der Waals surface area contributed by atoms with E-state index in [9.17, 15) is 5.11 Å². The molecule has 0 fully saturated rings. The van der Waals surface area contributed by atoms with Crippen LogP contribution >= 0.6 is 11.6 Å². The Morgan fingerprint density at radius 2 is 2.17 bits per heavy atom. The predicted octanol–water partition coefficient (Wildman–Crippen LogP) is 3.08. The summed E-state index contributed by atoms with van der Waals surface area (Å²) in [5, 5.41) is 10.9. The molecular formula is C14H17ClO3. The number of hydrogen-bond acceptors (Lipinski definition) is 3. The van der Waals surface area contributed by atoms with Crippen molar-refractivity contribution in [2.24, 2.45) is 0 Å². The summed E-state index contributed by atoms with van der Waals surface area (Å²) in [6.07, 6.45) is 3.21. The van der Waals surface area contributed by atoms with Crippen molar-refractivity contribution < 1.29 is 14.6 Å². The van der Waals surface area contributed by atoms with Crippen molar-refractivity contribution in [1.82, 2.24) is 0 Å². The Morgan fingerprint density at radius 1 is 1.44 bits per heavy atom. The zero-order chi connectivity index (χ0) is 13.0. The number of halogens is 1. The molecule has 0 saturated heterocycles. The minimum atomic E-state index is -0.707. The van der Waals surface area contributed by atoms with Gasteiger partial charge in [0.1, 0.15) is 12.2 Å². The fourth-order valence-electron chi connectivity index (χ4n) is 1.92. The first kappa shape index (κ1) is 13.6. The van der Waals surface area contributed by atoms with Crippen LogP contribution in [0.5, 0.6) is 0 Å². The first-order valence-corrected chi connectivity index (χ1v) is 6.45. The standard InChI is InChI=1S/C14H17ClO3/c1-2-17-13-5-3-4-12(18-13)14(16)10-6-8-11(15)9-7-10/h3-4,6-9,12-14,16H,2,5H2,1H3/t12-,13+,14-/m1/s1. The molecule has 3 atom stereocenters. The highest BCUT2D eigenvalue weighted by Crippen LogP contribution is 2.26. The molecule has 1 aliphatic rings. The Kier molecular flexibility index (Phi) is 4.78. The lowest BCUT2D eigenvalue weighted by molar-refractivity contribution is -0.181. The van der Waals surface area contributed by atoms with Gasteiger partial charge >= 0.3 is 0 Å². The lowest BCUT2D eigenvalue weighted by Gasteiger charge is -2.29. The van der Waals surface area contributed by atoms with Crippen LogP contribution in [0.25, 0.3) is 0 Å². The van der Waals surface area contributed by atoms with Crippen molar-refractivity contribution in [2.45, 2.75) is 31.8 Å². The summed E-state index contributed by atoms with van der Waals surface area (Å²) in [7, 11) is 0. The molecule has 0 unspecified atom stereocenters. The lowest BCUT2D eigenvalue weighted by atomic mass is 10.0. The predicted molar refractivity (Wildman–Crippen MR) is 70.5 cm³/mol. The van der Waals surface area contributed by atoms with Crippen molar-refractivity contribution in [1.29, 1.82) is 0 Å². The zero-order valence-electron chi connectivity index (χ0n) is 10.3. The van der Waals surface area contributed by atoms with Crippen LogP contribution in [0, 0.1) is 0 Å². The maximum Gasteiger partial charge on any atom is 0.161 e. The fourth-order valence-corrected chi connectivity index (χ4v) is 2.05. The van der Waals surface area contributed by atoms with E-state index in [1.165, 1.54) is 0 Å². The zero-order valence-corrected chi connectivity index (χ0v) is 11.0. The van der Waals surface area contributed by atoms with Gasteiger partial charge in [0.25, 0.3) is 0 Å². The molecule has 1 N–H and O–H groups in total. The molecule has 0 spiro atoms. The summed E-state index contributed by atoms with van der Waals surface area (Å²) < 4.78 is 11.1. The van der Waals surface area contributed by atoms with Crippen LogP contribution < -0.4 is 0 Å². The van der Waals surface area contributed by atoms with Gasteiger partial charge in [-0.25, -0.2) is 0 Å². The highest BCUT2D eigenvalue weighted by Gasteiger charge is 2.25. The smallest absolute Gasteiger partial charge is 0.161 e. The highest BCUT2D eigenvalue weighted by atomic mass is 35.5. The van der Waals surface area contributed by atoms with Crippen LogP contribution in [0.3, 0.4) is 0 Å². The van der Waals surface area contributed by atoms with Gasteiger partial charge in [0.2, 0.25) is 0 Å². The number of aliphatic hydroxyl groups is 1. The van der Waals surface area contributed by atoms with Crippen LogP contribution in [0.2, 0.25) is 5.02 Å². The molecule has 0 aromatic heterocycles. The van der Waals surface area contributed by atoms with Gasteiger partial charge in [0.05, 0.1) is 0 Å². The molecule has 1 heterocycles. The van der Waals surface area contributed by atoms with Gasteiger partial charge in [-0.3, -0.25) is 0 Å². The molecule has 0 radical (unpaired) electrons. The summed E-state index contributed by atoms with van der Waals surface area (Å²) in [6, 6.07) is 7.11. The van der Waals surface area contributed by atoms with Gasteiger partial charge in [-0.2, -0.15) is 0 Å². The van der Waals surface area contributed by atoms with Crippen molar-refractivity contribution in [3.05, 3.63) is 47.0 Å². The van der Waals surface area contributed by atoms with Crippen molar-refractivity contribution in [3.8, 4) is 0 Å². The lowest BCUT2D eigenvalue weighted by Crippen LogP contribution is -2.30. The number of ether oxygens (including phenoxy) is 2. The SMILES string of the molecule is CCO[C@@H]1CC=C[C@H]([C@H](O)c2ccc(Cl)cc2)O1. The van der Waals surface area contributed by atoms with Crippen molar-refractivity contribution in [2.75, 3.05) is 6.61 Å². The normalized spacial score (nSPS) is 25.1. The molecule has 18 heavy (non-hydrogen) atoms. The van der Waals surface area contributed by atoms with E-state index in [1.54, 1.807) is 24.3 Å². The minimum Gasteiger partial charge on any atom is -0.385 e. The van der Waals surface area contributed by atoms with Crippen LogP contribution in [0.1, 0.15) is 25.0 Å². The summed E-state index contributed by atoms with van der Waals surface area (Å²) >= 11 is 5.82. The van der Waals surface area contributed by atoms with E-state index in [4.69, 9.17) is 21.1 Å². The Bertz CT molecular complexity index is 402. The van der Waals surface area contributed by atoms with E-state index >= 15 is 0 Å². The third-order valence-corrected chi connectivity index (χ3v) is 3.09. The third kappa shape index (κ3) is 3.33. The van der Waals surface area contributed by atoms with Crippen LogP contribution in [0.15, 0.2) is 36.4 Å². The van der Waals surface area contributed by atoms with Gasteiger partial charge in [0.15, 0.2) is 6.29 Å². The highest BCUT2D eigenvalue weighted by molar-refractivity contribution is 6.30. The molecular weight excluding hydrogens is 252 g/mol. The number of hydrogen-bond donors (Lipinski definition) is 1. The Labute approximate surface area is 112 Å². The number of aliphatic hydroxyl groups excluding tert-OH is 1. The number of benzene rings is 1. The van der Waals surface area contributed by atoms with E-state index in [0.29, 0.717) is 11.6 Å². The van der Waals surface area contributed by atoms with Gasteiger partial charge in [-0.1, -0.05) is 35.9 Å². The maximum absolute atomic E-state index is 10.2. The molecule has 98 valence electrons. The summed E-state index contributed by atoms with van der Waals surface area (Å²) in [6.45, 7) is 2.52.